The fourth-order valence-corrected chi connectivity index (χ4v) is 3.66. The molecule has 0 radical (unpaired) electrons. The van der Waals surface area contributed by atoms with Crippen molar-refractivity contribution in [1.29, 1.82) is 0 Å². The van der Waals surface area contributed by atoms with E-state index in [0.29, 0.717) is 11.8 Å². The maximum Gasteiger partial charge on any atom is 0.139 e. The van der Waals surface area contributed by atoms with Gasteiger partial charge in [0.25, 0.3) is 0 Å². The monoisotopic (exact) mass is 288 g/mol. The van der Waals surface area contributed by atoms with E-state index in [4.69, 9.17) is 0 Å². The first-order chi connectivity index (χ1) is 10.8. The van der Waals surface area contributed by atoms with Crippen LogP contribution in [0, 0.1) is 5.92 Å². The van der Waals surface area contributed by atoms with Crippen LogP contribution in [0.15, 0.2) is 67.0 Å². The van der Waals surface area contributed by atoms with Crippen molar-refractivity contribution in [3.8, 4) is 11.4 Å². The summed E-state index contributed by atoms with van der Waals surface area (Å²) < 4.78 is 2.06. The second-order valence-corrected chi connectivity index (χ2v) is 6.31. The molecule has 110 valence electrons. The Morgan fingerprint density at radius 3 is 2.09 bits per heavy atom. The Bertz CT molecular complexity index is 771. The van der Waals surface area contributed by atoms with E-state index in [0.717, 1.165) is 11.7 Å². The second kappa shape index (κ2) is 5.13. The molecule has 22 heavy (non-hydrogen) atoms. The van der Waals surface area contributed by atoms with E-state index in [1.807, 2.05) is 19.4 Å². The van der Waals surface area contributed by atoms with Gasteiger partial charge in [-0.25, -0.2) is 4.98 Å². The third-order valence-electron chi connectivity index (χ3n) is 4.94. The molecule has 0 bridgehead atoms. The van der Waals surface area contributed by atoms with Crippen LogP contribution in [0.2, 0.25) is 0 Å². The summed E-state index contributed by atoms with van der Waals surface area (Å²) in [6, 6.07) is 19.8. The molecular weight excluding hydrogens is 268 g/mol. The number of imidazole rings is 1. The Labute approximate surface area is 131 Å². The number of nitrogens with zero attached hydrogens (tertiary/aromatic N) is 2. The lowest BCUT2D eigenvalue weighted by Crippen LogP contribution is -1.91. The summed E-state index contributed by atoms with van der Waals surface area (Å²) in [6.07, 6.45) is 3.83. The molecule has 2 aromatic carbocycles. The summed E-state index contributed by atoms with van der Waals surface area (Å²) in [5.74, 6) is 3.06. The topological polar surface area (TPSA) is 17.8 Å². The van der Waals surface area contributed by atoms with Crippen molar-refractivity contribution in [2.75, 3.05) is 0 Å². The number of hydrogen-bond acceptors (Lipinski definition) is 1. The van der Waals surface area contributed by atoms with E-state index < -0.39 is 0 Å². The Hall–Kier alpha value is -2.35. The van der Waals surface area contributed by atoms with Crippen LogP contribution in [0.5, 0.6) is 0 Å². The van der Waals surface area contributed by atoms with Crippen LogP contribution in [-0.4, -0.2) is 9.55 Å². The van der Waals surface area contributed by atoms with Gasteiger partial charge in [0.15, 0.2) is 0 Å². The summed E-state index contributed by atoms with van der Waals surface area (Å²) in [4.78, 5) is 4.42. The molecule has 0 amide bonds. The average Bonchev–Trinajstić information content (AvgIpc) is 3.04. The van der Waals surface area contributed by atoms with Gasteiger partial charge in [-0.15, -0.1) is 0 Å². The maximum atomic E-state index is 4.42. The van der Waals surface area contributed by atoms with Crippen molar-refractivity contribution in [2.45, 2.75) is 18.8 Å². The van der Waals surface area contributed by atoms with Crippen LogP contribution >= 0.6 is 0 Å². The summed E-state index contributed by atoms with van der Waals surface area (Å²) in [5.41, 5.74) is 4.09. The van der Waals surface area contributed by atoms with Crippen molar-refractivity contribution >= 4 is 0 Å². The molecule has 1 fully saturated rings. The molecule has 3 atom stereocenters. The standard InChI is InChI=1S/C20H20N2/c1-14-18(15-6-4-3-5-7-15)19(14)16-8-10-17(11-9-16)20-21-12-13-22(20)2/h3-14,18-19H,1-2H3/t14-,18-,19-/m1/s1. The predicted molar refractivity (Wildman–Crippen MR) is 89.7 cm³/mol. The molecule has 0 aliphatic heterocycles. The van der Waals surface area contributed by atoms with Gasteiger partial charge < -0.3 is 4.57 Å². The van der Waals surface area contributed by atoms with Crippen molar-refractivity contribution in [3.05, 3.63) is 78.1 Å². The van der Waals surface area contributed by atoms with Gasteiger partial charge >= 0.3 is 0 Å². The zero-order valence-corrected chi connectivity index (χ0v) is 13.0. The number of aryl methyl sites for hydroxylation is 1. The highest BCUT2D eigenvalue weighted by Crippen LogP contribution is 2.60. The Balaban J connectivity index is 1.59. The third-order valence-corrected chi connectivity index (χ3v) is 4.94. The summed E-state index contributed by atoms with van der Waals surface area (Å²) >= 11 is 0. The number of rotatable bonds is 3. The minimum atomic E-state index is 0.651. The summed E-state index contributed by atoms with van der Waals surface area (Å²) in [7, 11) is 2.03. The molecular formula is C20H20N2. The fraction of sp³-hybridized carbons (Fsp3) is 0.250. The van der Waals surface area contributed by atoms with Gasteiger partial charge in [0.05, 0.1) is 0 Å². The van der Waals surface area contributed by atoms with Gasteiger partial charge in [0, 0.05) is 25.0 Å². The SMILES string of the molecule is C[C@@H]1[C@H](c2ccccc2)[C@H]1c1ccc(-c2nccn2C)cc1. The van der Waals surface area contributed by atoms with Gasteiger partial charge in [-0.3, -0.25) is 0 Å². The van der Waals surface area contributed by atoms with Crippen LogP contribution < -0.4 is 0 Å². The molecule has 0 N–H and O–H groups in total. The molecule has 1 aliphatic rings. The van der Waals surface area contributed by atoms with Crippen molar-refractivity contribution in [2.24, 2.45) is 13.0 Å². The zero-order valence-electron chi connectivity index (χ0n) is 13.0. The van der Waals surface area contributed by atoms with E-state index in [2.05, 4.69) is 71.1 Å². The highest BCUT2D eigenvalue weighted by molar-refractivity contribution is 5.57. The Kier molecular flexibility index (Phi) is 3.11. The van der Waals surface area contributed by atoms with Gasteiger partial charge in [-0.05, 0) is 28.9 Å². The van der Waals surface area contributed by atoms with Gasteiger partial charge in [-0.1, -0.05) is 61.5 Å². The molecule has 4 rings (SSSR count). The molecule has 0 spiro atoms. The van der Waals surface area contributed by atoms with Crippen LogP contribution in [-0.2, 0) is 7.05 Å². The van der Waals surface area contributed by atoms with E-state index in [1.165, 1.54) is 16.7 Å². The first-order valence-electron chi connectivity index (χ1n) is 7.88. The van der Waals surface area contributed by atoms with Crippen LogP contribution in [0.3, 0.4) is 0 Å². The quantitative estimate of drug-likeness (QED) is 0.688. The second-order valence-electron chi connectivity index (χ2n) is 6.31. The first kappa shape index (κ1) is 13.3. The molecule has 1 heterocycles. The third kappa shape index (κ3) is 2.16. The van der Waals surface area contributed by atoms with Crippen molar-refractivity contribution in [1.82, 2.24) is 9.55 Å². The van der Waals surface area contributed by atoms with Gasteiger partial charge in [0.2, 0.25) is 0 Å². The number of aromatic nitrogens is 2. The molecule has 1 saturated carbocycles. The van der Waals surface area contributed by atoms with Crippen LogP contribution in [0.1, 0.15) is 29.9 Å². The molecule has 3 aromatic rings. The lowest BCUT2D eigenvalue weighted by molar-refractivity contribution is 0.895. The predicted octanol–water partition coefficient (Wildman–Crippen LogP) is 4.60. The fourth-order valence-electron chi connectivity index (χ4n) is 3.66. The lowest BCUT2D eigenvalue weighted by Gasteiger charge is -2.05. The highest BCUT2D eigenvalue weighted by atomic mass is 15.0. The van der Waals surface area contributed by atoms with Crippen LogP contribution in [0.25, 0.3) is 11.4 Å². The van der Waals surface area contributed by atoms with Crippen molar-refractivity contribution in [3.63, 3.8) is 0 Å². The number of hydrogen-bond donors (Lipinski definition) is 0. The molecule has 2 heteroatoms. The maximum absolute atomic E-state index is 4.42. The normalized spacial score (nSPS) is 23.5. The lowest BCUT2D eigenvalue weighted by atomic mass is 10.0. The summed E-state index contributed by atoms with van der Waals surface area (Å²) in [6.45, 7) is 2.36. The van der Waals surface area contributed by atoms with Crippen molar-refractivity contribution < 1.29 is 0 Å². The number of benzene rings is 2. The molecule has 0 unspecified atom stereocenters. The van der Waals surface area contributed by atoms with E-state index in [-0.39, 0.29) is 0 Å². The molecule has 1 aromatic heterocycles. The Morgan fingerprint density at radius 2 is 1.50 bits per heavy atom. The first-order valence-corrected chi connectivity index (χ1v) is 7.88. The minimum Gasteiger partial charge on any atom is -0.334 e. The molecule has 2 nitrogen and oxygen atoms in total. The van der Waals surface area contributed by atoms with E-state index in [9.17, 15) is 0 Å². The van der Waals surface area contributed by atoms with E-state index >= 15 is 0 Å². The minimum absolute atomic E-state index is 0.651. The van der Waals surface area contributed by atoms with Gasteiger partial charge in [-0.2, -0.15) is 0 Å². The zero-order chi connectivity index (χ0) is 15.1. The smallest absolute Gasteiger partial charge is 0.139 e. The largest absolute Gasteiger partial charge is 0.334 e. The van der Waals surface area contributed by atoms with Crippen LogP contribution in [0.4, 0.5) is 0 Å². The average molecular weight is 288 g/mol. The molecule has 0 saturated heterocycles. The van der Waals surface area contributed by atoms with E-state index in [1.54, 1.807) is 0 Å². The summed E-state index contributed by atoms with van der Waals surface area (Å²) in [5, 5.41) is 0. The Morgan fingerprint density at radius 1 is 0.864 bits per heavy atom. The highest BCUT2D eigenvalue weighted by Gasteiger charge is 2.48. The molecule has 1 aliphatic carbocycles. The van der Waals surface area contributed by atoms with Gasteiger partial charge in [0.1, 0.15) is 5.82 Å².